The maximum Gasteiger partial charge on any atom is 0.469 e. The normalized spacial score (nSPS) is 21.2. The average Bonchev–Trinajstić information content (AvgIpc) is 3.22. The van der Waals surface area contributed by atoms with Crippen molar-refractivity contribution >= 4 is 25.1 Å². The summed E-state index contributed by atoms with van der Waals surface area (Å²) >= 11 is 1.59. The number of carbonyl (C=O) groups excluding carboxylic acids is 1. The van der Waals surface area contributed by atoms with Crippen LogP contribution < -0.4 is 10.6 Å². The summed E-state index contributed by atoms with van der Waals surface area (Å²) in [6.45, 7) is 4.09. The summed E-state index contributed by atoms with van der Waals surface area (Å²) in [6, 6.07) is 7.23. The number of benzene rings is 1. The zero-order chi connectivity index (χ0) is 19.6. The summed E-state index contributed by atoms with van der Waals surface area (Å²) in [5.41, 5.74) is 4.87. The molecule has 1 aromatic carbocycles. The molecule has 1 aromatic heterocycles. The first kappa shape index (κ1) is 20.1. The fourth-order valence-electron chi connectivity index (χ4n) is 3.08. The summed E-state index contributed by atoms with van der Waals surface area (Å²) in [7, 11) is -4.55. The largest absolute Gasteiger partial charge is 0.469 e. The predicted octanol–water partition coefficient (Wildman–Crippen LogP) is 2.14. The van der Waals surface area contributed by atoms with Crippen LogP contribution in [0.15, 0.2) is 29.8 Å². The molecule has 0 radical (unpaired) electrons. The van der Waals surface area contributed by atoms with Crippen molar-refractivity contribution in [2.45, 2.75) is 38.5 Å². The number of aromatic nitrogens is 1. The van der Waals surface area contributed by atoms with Crippen LogP contribution in [0, 0.1) is 6.92 Å². The highest BCUT2D eigenvalue weighted by atomic mass is 32.1. The first-order chi connectivity index (χ1) is 12.7. The van der Waals surface area contributed by atoms with Crippen LogP contribution >= 0.6 is 19.2 Å². The molecule has 1 saturated heterocycles. The number of aryl methyl sites for hydroxylation is 1. The van der Waals surface area contributed by atoms with E-state index in [1.807, 2.05) is 43.6 Å². The molecule has 0 saturated carbocycles. The van der Waals surface area contributed by atoms with Gasteiger partial charge in [0.2, 0.25) is 5.91 Å². The van der Waals surface area contributed by atoms with E-state index in [1.165, 1.54) is 0 Å². The number of hydrogen-bond acceptors (Lipinski definition) is 6. The van der Waals surface area contributed by atoms with Crippen LogP contribution in [0.25, 0.3) is 10.4 Å². The van der Waals surface area contributed by atoms with E-state index in [0.717, 1.165) is 21.7 Å². The summed E-state index contributed by atoms with van der Waals surface area (Å²) in [5, 5.41) is 5.86. The monoisotopic (exact) mass is 411 g/mol. The highest BCUT2D eigenvalue weighted by molar-refractivity contribution is 7.46. The Bertz CT molecular complexity index is 851. The van der Waals surface area contributed by atoms with Gasteiger partial charge in [-0.15, -0.1) is 11.3 Å². The van der Waals surface area contributed by atoms with Crippen molar-refractivity contribution in [2.24, 2.45) is 0 Å². The molecule has 2 heterocycles. The molecule has 2 unspecified atom stereocenters. The maximum absolute atomic E-state index is 12.4. The Morgan fingerprint density at radius 1 is 1.41 bits per heavy atom. The molecule has 27 heavy (non-hydrogen) atoms. The van der Waals surface area contributed by atoms with Crippen molar-refractivity contribution in [3.05, 3.63) is 41.0 Å². The van der Waals surface area contributed by atoms with Crippen LogP contribution in [-0.4, -0.2) is 39.4 Å². The molecule has 4 N–H and O–H groups in total. The van der Waals surface area contributed by atoms with Gasteiger partial charge in [-0.1, -0.05) is 24.3 Å². The molecule has 1 amide bonds. The third-order valence-electron chi connectivity index (χ3n) is 4.47. The Kier molecular flexibility index (Phi) is 6.10. The van der Waals surface area contributed by atoms with Gasteiger partial charge in [-0.05, 0) is 31.4 Å². The molecule has 0 spiro atoms. The predicted molar refractivity (Wildman–Crippen MR) is 102 cm³/mol. The zero-order valence-corrected chi connectivity index (χ0v) is 16.7. The number of thiazole rings is 1. The van der Waals surface area contributed by atoms with Gasteiger partial charge in [-0.2, -0.15) is 0 Å². The molecular formula is C17H22N3O5PS. The molecule has 3 rings (SSSR count). The summed E-state index contributed by atoms with van der Waals surface area (Å²) in [4.78, 5) is 35.5. The maximum atomic E-state index is 12.4. The standard InChI is InChI=1S/C17H22N3O5PS/c1-10(12-3-5-13(6-4-12)16-11(2)19-9-27-16)20-17(21)15-7-14(8-18-15)25-26(22,23)24/h3-6,9-10,14-15,18H,7-8H2,1-2H3,(H,20,21)(H2,22,23,24)/t10-,14?,15?/m0/s1. The van der Waals surface area contributed by atoms with Gasteiger partial charge in [0, 0.05) is 6.54 Å². The summed E-state index contributed by atoms with van der Waals surface area (Å²) in [5.74, 6) is -0.221. The minimum Gasteiger partial charge on any atom is -0.348 e. The van der Waals surface area contributed by atoms with Gasteiger partial charge < -0.3 is 20.4 Å². The van der Waals surface area contributed by atoms with E-state index in [4.69, 9.17) is 9.79 Å². The van der Waals surface area contributed by atoms with Crippen LogP contribution in [0.2, 0.25) is 0 Å². The summed E-state index contributed by atoms with van der Waals surface area (Å²) < 4.78 is 15.5. The molecule has 3 atom stereocenters. The van der Waals surface area contributed by atoms with Crippen LogP contribution in [0.5, 0.6) is 0 Å². The fourth-order valence-corrected chi connectivity index (χ4v) is 4.44. The lowest BCUT2D eigenvalue weighted by Gasteiger charge is -2.18. The Balaban J connectivity index is 1.57. The minimum absolute atomic E-state index is 0.197. The molecular weight excluding hydrogens is 389 g/mol. The Morgan fingerprint density at radius 3 is 2.70 bits per heavy atom. The SMILES string of the molecule is Cc1ncsc1-c1ccc([C@H](C)NC(=O)C2CC(OP(=O)(O)O)CN2)cc1. The quantitative estimate of drug-likeness (QED) is 0.538. The smallest absolute Gasteiger partial charge is 0.348 e. The van der Waals surface area contributed by atoms with E-state index in [1.54, 1.807) is 11.3 Å². The highest BCUT2D eigenvalue weighted by Crippen LogP contribution is 2.39. The van der Waals surface area contributed by atoms with Gasteiger partial charge in [0.1, 0.15) is 0 Å². The third kappa shape index (κ3) is 5.22. The van der Waals surface area contributed by atoms with E-state index >= 15 is 0 Å². The number of carbonyl (C=O) groups is 1. The van der Waals surface area contributed by atoms with Crippen LogP contribution in [0.1, 0.15) is 30.6 Å². The first-order valence-corrected chi connectivity index (χ1v) is 10.9. The first-order valence-electron chi connectivity index (χ1n) is 8.51. The second-order valence-electron chi connectivity index (χ2n) is 6.53. The number of nitrogens with one attached hydrogen (secondary N) is 2. The molecule has 1 aliphatic heterocycles. The summed E-state index contributed by atoms with van der Waals surface area (Å²) in [6.07, 6.45) is -0.466. The van der Waals surface area contributed by atoms with Gasteiger partial charge in [0.25, 0.3) is 0 Å². The minimum atomic E-state index is -4.55. The third-order valence-corrected chi connectivity index (χ3v) is 6.02. The molecule has 1 aliphatic rings. The Morgan fingerprint density at radius 2 is 2.11 bits per heavy atom. The lowest BCUT2D eigenvalue weighted by molar-refractivity contribution is -0.123. The van der Waals surface area contributed by atoms with E-state index < -0.39 is 20.0 Å². The van der Waals surface area contributed by atoms with Gasteiger partial charge in [-0.3, -0.25) is 9.32 Å². The van der Waals surface area contributed by atoms with Gasteiger partial charge in [0.05, 0.1) is 34.3 Å². The van der Waals surface area contributed by atoms with Gasteiger partial charge in [-0.25, -0.2) is 9.55 Å². The fraction of sp³-hybridized carbons (Fsp3) is 0.412. The topological polar surface area (TPSA) is 121 Å². The van der Waals surface area contributed by atoms with Gasteiger partial charge in [0.15, 0.2) is 0 Å². The highest BCUT2D eigenvalue weighted by Gasteiger charge is 2.34. The molecule has 1 fully saturated rings. The molecule has 10 heteroatoms. The van der Waals surface area contributed by atoms with Crippen molar-refractivity contribution in [2.75, 3.05) is 6.54 Å². The number of amides is 1. The van der Waals surface area contributed by atoms with Gasteiger partial charge >= 0.3 is 7.82 Å². The van der Waals surface area contributed by atoms with Crippen molar-refractivity contribution in [1.82, 2.24) is 15.6 Å². The van der Waals surface area contributed by atoms with E-state index in [-0.39, 0.29) is 24.9 Å². The van der Waals surface area contributed by atoms with Crippen molar-refractivity contribution in [3.63, 3.8) is 0 Å². The molecule has 0 bridgehead atoms. The van der Waals surface area contributed by atoms with E-state index in [2.05, 4.69) is 20.1 Å². The number of nitrogens with zero attached hydrogens (tertiary/aromatic N) is 1. The van der Waals surface area contributed by atoms with Crippen molar-refractivity contribution < 1.29 is 23.7 Å². The number of hydrogen-bond donors (Lipinski definition) is 4. The Labute approximate surface area is 161 Å². The molecule has 2 aromatic rings. The second kappa shape index (κ2) is 8.18. The van der Waals surface area contributed by atoms with Crippen LogP contribution in [0.4, 0.5) is 0 Å². The lowest BCUT2D eigenvalue weighted by atomic mass is 10.0. The van der Waals surface area contributed by atoms with Crippen LogP contribution in [-0.2, 0) is 13.9 Å². The molecule has 146 valence electrons. The second-order valence-corrected chi connectivity index (χ2v) is 8.58. The van der Waals surface area contributed by atoms with Crippen molar-refractivity contribution in [3.8, 4) is 10.4 Å². The van der Waals surface area contributed by atoms with E-state index in [9.17, 15) is 9.36 Å². The molecule has 0 aliphatic carbocycles. The number of phosphoric ester groups is 1. The molecule has 8 nitrogen and oxygen atoms in total. The van der Waals surface area contributed by atoms with Crippen molar-refractivity contribution in [1.29, 1.82) is 0 Å². The Hall–Kier alpha value is -1.61. The number of phosphoric acid groups is 1. The zero-order valence-electron chi connectivity index (χ0n) is 15.0. The number of rotatable bonds is 6. The van der Waals surface area contributed by atoms with E-state index in [0.29, 0.717) is 0 Å². The lowest BCUT2D eigenvalue weighted by Crippen LogP contribution is -2.41. The average molecular weight is 411 g/mol. The van der Waals surface area contributed by atoms with Crippen LogP contribution in [0.3, 0.4) is 0 Å².